The zero-order valence-electron chi connectivity index (χ0n) is 17.9. The van der Waals surface area contributed by atoms with Crippen LogP contribution in [0, 0.1) is 5.82 Å². The lowest BCUT2D eigenvalue weighted by Crippen LogP contribution is -2.26. The molecule has 0 amide bonds. The quantitative estimate of drug-likeness (QED) is 0.588. The highest BCUT2D eigenvalue weighted by atomic mass is 32.2. The van der Waals surface area contributed by atoms with Crippen molar-refractivity contribution in [3.63, 3.8) is 0 Å². The molecule has 0 aliphatic carbocycles. The minimum absolute atomic E-state index is 0.00251. The van der Waals surface area contributed by atoms with Crippen molar-refractivity contribution in [3.8, 4) is 11.5 Å². The first-order chi connectivity index (χ1) is 15.7. The van der Waals surface area contributed by atoms with Crippen LogP contribution in [-0.4, -0.2) is 40.8 Å². The summed E-state index contributed by atoms with van der Waals surface area (Å²) in [5.74, 6) is -2.19. The zero-order valence-corrected chi connectivity index (χ0v) is 18.8. The maximum absolute atomic E-state index is 14.3. The van der Waals surface area contributed by atoms with Gasteiger partial charge in [-0.15, -0.1) is 0 Å². The van der Waals surface area contributed by atoms with Gasteiger partial charge >= 0.3 is 11.9 Å². The van der Waals surface area contributed by atoms with E-state index in [2.05, 4.69) is 0 Å². The van der Waals surface area contributed by atoms with Crippen LogP contribution in [0.4, 0.5) is 10.1 Å². The smallest absolute Gasteiger partial charge is 0.355 e. The van der Waals surface area contributed by atoms with E-state index in [1.165, 1.54) is 49.5 Å². The lowest BCUT2D eigenvalue weighted by molar-refractivity contribution is -0.139. The first-order valence-corrected chi connectivity index (χ1v) is 11.4. The fraction of sp³-hybridized carbons (Fsp3) is 0.130. The van der Waals surface area contributed by atoms with E-state index in [-0.39, 0.29) is 27.7 Å². The summed E-state index contributed by atoms with van der Waals surface area (Å²) in [7, 11) is -1.15. The molecule has 10 heteroatoms. The molecule has 8 nitrogen and oxygen atoms in total. The average molecular weight is 473 g/mol. The normalized spacial score (nSPS) is 13.5. The zero-order chi connectivity index (χ0) is 24.2. The van der Waals surface area contributed by atoms with Gasteiger partial charge in [0.2, 0.25) is 0 Å². The van der Waals surface area contributed by atoms with Gasteiger partial charge in [-0.05, 0) is 54.6 Å². The Labute approximate surface area is 190 Å². The predicted molar refractivity (Wildman–Crippen MR) is 118 cm³/mol. The standard InChI is InChI=1S/C23H20FNO7S/c1-30-22(26)18-6-4-5-13-25(21(18)23(27)31-2)15-7-9-16(10-8-15)32-20-12-11-17(14-19(20)24)33(3,28)29/h4-14H,1-3H3. The topological polar surface area (TPSA) is 99.2 Å². The number of anilines is 1. The van der Waals surface area contributed by atoms with E-state index in [1.54, 1.807) is 30.5 Å². The van der Waals surface area contributed by atoms with E-state index >= 15 is 0 Å². The number of carbonyl (C=O) groups excluding carboxylic acids is 2. The number of allylic oxidation sites excluding steroid dienone is 2. The fourth-order valence-corrected chi connectivity index (χ4v) is 3.60. The van der Waals surface area contributed by atoms with Crippen LogP contribution >= 0.6 is 0 Å². The molecule has 2 aromatic carbocycles. The molecule has 1 aliphatic heterocycles. The third kappa shape index (κ3) is 5.29. The average Bonchev–Trinajstić information content (AvgIpc) is 3.02. The molecule has 3 rings (SSSR count). The first-order valence-electron chi connectivity index (χ1n) is 9.48. The maximum atomic E-state index is 14.3. The van der Waals surface area contributed by atoms with E-state index < -0.39 is 27.6 Å². The predicted octanol–water partition coefficient (Wildman–Crippen LogP) is 3.51. The molecule has 0 aromatic heterocycles. The van der Waals surface area contributed by atoms with E-state index in [0.29, 0.717) is 5.69 Å². The van der Waals surface area contributed by atoms with Gasteiger partial charge in [0, 0.05) is 18.1 Å². The van der Waals surface area contributed by atoms with Crippen molar-refractivity contribution in [1.82, 2.24) is 0 Å². The van der Waals surface area contributed by atoms with Crippen LogP contribution in [0.15, 0.2) is 83.1 Å². The number of hydrogen-bond donors (Lipinski definition) is 0. The Hall–Kier alpha value is -3.92. The van der Waals surface area contributed by atoms with Crippen LogP contribution in [0.25, 0.3) is 0 Å². The van der Waals surface area contributed by atoms with E-state index in [0.717, 1.165) is 12.3 Å². The minimum atomic E-state index is -3.55. The molecule has 1 heterocycles. The van der Waals surface area contributed by atoms with Gasteiger partial charge in [-0.3, -0.25) is 0 Å². The summed E-state index contributed by atoms with van der Waals surface area (Å²) in [5, 5.41) is 0. The molecule has 0 fully saturated rings. The molecule has 0 atom stereocenters. The molecule has 0 saturated heterocycles. The van der Waals surface area contributed by atoms with Crippen molar-refractivity contribution in [3.05, 3.63) is 84.0 Å². The Morgan fingerprint density at radius 1 is 0.939 bits per heavy atom. The second kappa shape index (κ2) is 9.70. The summed E-state index contributed by atoms with van der Waals surface area (Å²) in [5.41, 5.74) is 0.435. The van der Waals surface area contributed by atoms with Crippen LogP contribution in [0.5, 0.6) is 11.5 Å². The van der Waals surface area contributed by atoms with Crippen molar-refractivity contribution in [2.45, 2.75) is 4.90 Å². The van der Waals surface area contributed by atoms with Crippen molar-refractivity contribution in [1.29, 1.82) is 0 Å². The molecule has 0 bridgehead atoms. The number of halogens is 1. The maximum Gasteiger partial charge on any atom is 0.355 e. The van der Waals surface area contributed by atoms with Crippen LogP contribution in [0.2, 0.25) is 0 Å². The minimum Gasteiger partial charge on any atom is -0.465 e. The Balaban J connectivity index is 1.93. The SMILES string of the molecule is COC(=O)C1=C(C(=O)OC)N(c2ccc(Oc3ccc(S(C)(=O)=O)cc3F)cc2)C=CC=C1. The number of rotatable bonds is 6. The highest BCUT2D eigenvalue weighted by Gasteiger charge is 2.27. The second-order valence-electron chi connectivity index (χ2n) is 6.78. The Bertz CT molecular complexity index is 1280. The number of benzene rings is 2. The molecule has 2 aromatic rings. The third-order valence-corrected chi connectivity index (χ3v) is 5.67. The number of hydrogen-bond acceptors (Lipinski definition) is 8. The number of sulfone groups is 1. The second-order valence-corrected chi connectivity index (χ2v) is 8.79. The van der Waals surface area contributed by atoms with E-state index in [4.69, 9.17) is 14.2 Å². The number of nitrogens with zero attached hydrogens (tertiary/aromatic N) is 1. The van der Waals surface area contributed by atoms with Crippen LogP contribution in [-0.2, 0) is 28.9 Å². The molecule has 0 spiro atoms. The Morgan fingerprint density at radius 3 is 2.18 bits per heavy atom. The van der Waals surface area contributed by atoms with Gasteiger partial charge in [-0.1, -0.05) is 6.08 Å². The van der Waals surface area contributed by atoms with Gasteiger partial charge in [0.15, 0.2) is 21.4 Å². The van der Waals surface area contributed by atoms with Crippen molar-refractivity contribution in [2.75, 3.05) is 25.4 Å². The van der Waals surface area contributed by atoms with E-state index in [1.807, 2.05) is 0 Å². The Morgan fingerprint density at radius 2 is 1.61 bits per heavy atom. The van der Waals surface area contributed by atoms with Gasteiger partial charge in [-0.2, -0.15) is 0 Å². The van der Waals surface area contributed by atoms with Crippen LogP contribution < -0.4 is 9.64 Å². The summed E-state index contributed by atoms with van der Waals surface area (Å²) in [6.45, 7) is 0. The molecular weight excluding hydrogens is 453 g/mol. The highest BCUT2D eigenvalue weighted by molar-refractivity contribution is 7.90. The first kappa shape index (κ1) is 23.7. The molecular formula is C23H20FNO7S. The molecule has 33 heavy (non-hydrogen) atoms. The third-order valence-electron chi connectivity index (χ3n) is 4.56. The molecule has 0 unspecified atom stereocenters. The lowest BCUT2D eigenvalue weighted by Gasteiger charge is -2.23. The van der Waals surface area contributed by atoms with Gasteiger partial charge in [0.05, 0.1) is 24.7 Å². The van der Waals surface area contributed by atoms with Crippen molar-refractivity contribution in [2.24, 2.45) is 0 Å². The molecule has 172 valence electrons. The number of methoxy groups -OCH3 is 2. The summed E-state index contributed by atoms with van der Waals surface area (Å²) < 4.78 is 52.6. The highest BCUT2D eigenvalue weighted by Crippen LogP contribution is 2.31. The summed E-state index contributed by atoms with van der Waals surface area (Å²) in [6, 6.07) is 9.59. The molecule has 1 aliphatic rings. The number of carbonyl (C=O) groups is 2. The summed E-state index contributed by atoms with van der Waals surface area (Å²) >= 11 is 0. The monoisotopic (exact) mass is 473 g/mol. The fourth-order valence-electron chi connectivity index (χ4n) is 2.96. The molecule has 0 radical (unpaired) electrons. The van der Waals surface area contributed by atoms with Gasteiger partial charge in [-0.25, -0.2) is 22.4 Å². The largest absolute Gasteiger partial charge is 0.465 e. The van der Waals surface area contributed by atoms with E-state index in [9.17, 15) is 22.4 Å². The number of ether oxygens (including phenoxy) is 3. The molecule has 0 N–H and O–H groups in total. The van der Waals surface area contributed by atoms with Gasteiger partial charge < -0.3 is 19.1 Å². The van der Waals surface area contributed by atoms with Crippen LogP contribution in [0.3, 0.4) is 0 Å². The lowest BCUT2D eigenvalue weighted by atomic mass is 10.1. The summed E-state index contributed by atoms with van der Waals surface area (Å²) in [6.07, 6.45) is 7.20. The Kier molecular flexibility index (Phi) is 6.98. The van der Waals surface area contributed by atoms with Gasteiger partial charge in [0.1, 0.15) is 11.4 Å². The number of esters is 2. The van der Waals surface area contributed by atoms with Crippen molar-refractivity contribution < 1.29 is 36.6 Å². The molecule has 0 saturated carbocycles. The van der Waals surface area contributed by atoms with Crippen LogP contribution in [0.1, 0.15) is 0 Å². The van der Waals surface area contributed by atoms with Gasteiger partial charge in [0.25, 0.3) is 0 Å². The summed E-state index contributed by atoms with van der Waals surface area (Å²) in [4.78, 5) is 26.0. The van der Waals surface area contributed by atoms with Crippen molar-refractivity contribution >= 4 is 27.5 Å².